The van der Waals surface area contributed by atoms with Crippen LogP contribution in [0, 0.1) is 0 Å². The van der Waals surface area contributed by atoms with E-state index in [9.17, 15) is 0 Å². The highest BCUT2D eigenvalue weighted by atomic mass is 16.6. The molecule has 0 amide bonds. The van der Waals surface area contributed by atoms with E-state index in [1.54, 1.807) is 0 Å². The number of hydrogen-bond acceptors (Lipinski definition) is 3. The maximum absolute atomic E-state index is 5.68. The van der Waals surface area contributed by atoms with Crippen molar-refractivity contribution in [2.24, 2.45) is 0 Å². The lowest BCUT2D eigenvalue weighted by Gasteiger charge is -2.24. The molecule has 3 heterocycles. The fourth-order valence-corrected chi connectivity index (χ4v) is 3.93. The smallest absolute Gasteiger partial charge is 0.107 e. The number of benzene rings is 1. The Kier molecular flexibility index (Phi) is 3.32. The number of epoxide rings is 3. The van der Waals surface area contributed by atoms with Crippen molar-refractivity contribution in [1.82, 2.24) is 0 Å². The topological polar surface area (TPSA) is 37.6 Å². The zero-order valence-electron chi connectivity index (χ0n) is 13.2. The van der Waals surface area contributed by atoms with Gasteiger partial charge in [-0.05, 0) is 52.6 Å². The molecule has 3 aliphatic rings. The third-order valence-electron chi connectivity index (χ3n) is 4.98. The molecular weight excluding hydrogens is 264 g/mol. The van der Waals surface area contributed by atoms with Gasteiger partial charge in [-0.1, -0.05) is 20.8 Å². The predicted octanol–water partition coefficient (Wildman–Crippen LogP) is 3.59. The lowest BCUT2D eigenvalue weighted by Crippen LogP contribution is -2.12. The molecule has 3 nitrogen and oxygen atoms in total. The zero-order chi connectivity index (χ0) is 14.6. The molecule has 3 fully saturated rings. The summed E-state index contributed by atoms with van der Waals surface area (Å²) < 4.78 is 17.0. The van der Waals surface area contributed by atoms with Gasteiger partial charge in [0.2, 0.25) is 0 Å². The minimum absolute atomic E-state index is 0.316. The Morgan fingerprint density at radius 3 is 1.00 bits per heavy atom. The van der Waals surface area contributed by atoms with Gasteiger partial charge in [0.15, 0.2) is 0 Å². The first-order valence-corrected chi connectivity index (χ1v) is 8.35. The maximum atomic E-state index is 5.68. The zero-order valence-corrected chi connectivity index (χ0v) is 13.2. The first-order valence-electron chi connectivity index (χ1n) is 8.35. The molecule has 0 radical (unpaired) electrons. The number of hydrogen-bond donors (Lipinski definition) is 0. The first kappa shape index (κ1) is 13.7. The Balaban J connectivity index is 2.00. The lowest BCUT2D eigenvalue weighted by atomic mass is 9.80. The van der Waals surface area contributed by atoms with Crippen molar-refractivity contribution < 1.29 is 14.2 Å². The fourth-order valence-electron chi connectivity index (χ4n) is 3.93. The first-order chi connectivity index (χ1) is 10.3. The summed E-state index contributed by atoms with van der Waals surface area (Å²) in [6, 6.07) is 0. The molecule has 0 N–H and O–H groups in total. The lowest BCUT2D eigenvalue weighted by molar-refractivity contribution is 0.400. The molecule has 0 saturated carbocycles. The van der Waals surface area contributed by atoms with Gasteiger partial charge < -0.3 is 14.2 Å². The highest BCUT2D eigenvalue weighted by molar-refractivity contribution is 5.57. The normalized spacial score (nSPS) is 29.6. The summed E-state index contributed by atoms with van der Waals surface area (Å²) in [6.07, 6.45) is 4.14. The van der Waals surface area contributed by atoms with E-state index >= 15 is 0 Å². The van der Waals surface area contributed by atoms with Crippen LogP contribution in [0.25, 0.3) is 0 Å². The van der Waals surface area contributed by atoms with Crippen LogP contribution in [-0.2, 0) is 33.5 Å². The molecule has 0 bridgehead atoms. The van der Waals surface area contributed by atoms with E-state index in [1.807, 2.05) is 0 Å². The highest BCUT2D eigenvalue weighted by Gasteiger charge is 2.41. The van der Waals surface area contributed by atoms with Crippen molar-refractivity contribution in [1.29, 1.82) is 0 Å². The third-order valence-corrected chi connectivity index (χ3v) is 4.98. The van der Waals surface area contributed by atoms with Crippen molar-refractivity contribution in [3.8, 4) is 0 Å². The van der Waals surface area contributed by atoms with Gasteiger partial charge in [-0.3, -0.25) is 0 Å². The minimum atomic E-state index is 0.316. The summed E-state index contributed by atoms with van der Waals surface area (Å²) in [5.41, 5.74) is 8.89. The van der Waals surface area contributed by atoms with Crippen LogP contribution in [0.2, 0.25) is 0 Å². The van der Waals surface area contributed by atoms with E-state index in [4.69, 9.17) is 14.2 Å². The van der Waals surface area contributed by atoms with E-state index in [0.717, 1.165) is 39.1 Å². The number of ether oxygens (including phenoxy) is 3. The number of rotatable bonds is 6. The second-order valence-corrected chi connectivity index (χ2v) is 6.20. The molecule has 3 heteroatoms. The molecule has 0 aliphatic carbocycles. The Morgan fingerprint density at radius 1 is 0.619 bits per heavy atom. The summed E-state index contributed by atoms with van der Waals surface area (Å²) in [4.78, 5) is 0. The molecule has 3 aliphatic heterocycles. The van der Waals surface area contributed by atoms with Crippen molar-refractivity contribution >= 4 is 0 Å². The van der Waals surface area contributed by atoms with E-state index in [-0.39, 0.29) is 0 Å². The molecule has 1 aromatic rings. The second-order valence-electron chi connectivity index (χ2n) is 6.20. The summed E-state index contributed by atoms with van der Waals surface area (Å²) in [5, 5.41) is 0. The molecule has 3 atom stereocenters. The molecule has 114 valence electrons. The SMILES string of the molecule is CCc1c([C@@H]2CO2)c(CC)c([C@H]2CO2)c(CC)c1[C@H]1CO1. The standard InChI is InChI=1S/C18H24O3/c1-4-10-16(13-7-19-13)11(5-2)18(15-9-21-15)12(6-3)17(10)14-8-20-14/h13-15H,4-9H2,1-3H3/t13-,14-,15+/m1/s1. The molecule has 1 aromatic carbocycles. The second kappa shape index (κ2) is 5.08. The van der Waals surface area contributed by atoms with E-state index in [1.165, 1.54) is 33.4 Å². The van der Waals surface area contributed by atoms with Crippen LogP contribution in [0.5, 0.6) is 0 Å². The quantitative estimate of drug-likeness (QED) is 0.751. The molecule has 0 spiro atoms. The molecule has 4 rings (SSSR count). The Morgan fingerprint density at radius 2 is 0.857 bits per heavy atom. The molecule has 21 heavy (non-hydrogen) atoms. The molecule has 0 aromatic heterocycles. The van der Waals surface area contributed by atoms with Gasteiger partial charge in [0.1, 0.15) is 18.3 Å². The Bertz CT molecular complexity index is 464. The predicted molar refractivity (Wildman–Crippen MR) is 80.7 cm³/mol. The summed E-state index contributed by atoms with van der Waals surface area (Å²) in [7, 11) is 0. The van der Waals surface area contributed by atoms with Crippen molar-refractivity contribution in [3.63, 3.8) is 0 Å². The van der Waals surface area contributed by atoms with Crippen LogP contribution in [0.3, 0.4) is 0 Å². The minimum Gasteiger partial charge on any atom is -0.368 e. The Hall–Kier alpha value is -0.900. The van der Waals surface area contributed by atoms with Gasteiger partial charge in [0.25, 0.3) is 0 Å². The summed E-state index contributed by atoms with van der Waals surface area (Å²) >= 11 is 0. The van der Waals surface area contributed by atoms with Gasteiger partial charge in [0, 0.05) is 0 Å². The fraction of sp³-hybridized carbons (Fsp3) is 0.667. The molecule has 0 unspecified atom stereocenters. The molecular formula is C18H24O3. The van der Waals surface area contributed by atoms with E-state index < -0.39 is 0 Å². The van der Waals surface area contributed by atoms with Crippen LogP contribution < -0.4 is 0 Å². The van der Waals surface area contributed by atoms with Crippen LogP contribution in [0.15, 0.2) is 0 Å². The Labute approximate surface area is 126 Å². The molecule has 3 saturated heterocycles. The van der Waals surface area contributed by atoms with Crippen LogP contribution in [0.4, 0.5) is 0 Å². The summed E-state index contributed by atoms with van der Waals surface area (Å²) in [6.45, 7) is 9.42. The largest absolute Gasteiger partial charge is 0.368 e. The van der Waals surface area contributed by atoms with Crippen LogP contribution >= 0.6 is 0 Å². The maximum Gasteiger partial charge on any atom is 0.107 e. The monoisotopic (exact) mass is 288 g/mol. The van der Waals surface area contributed by atoms with Gasteiger partial charge in [-0.2, -0.15) is 0 Å². The average Bonchev–Trinajstić information content (AvgIpc) is 3.38. The van der Waals surface area contributed by atoms with Gasteiger partial charge in [0.05, 0.1) is 19.8 Å². The van der Waals surface area contributed by atoms with Gasteiger partial charge in [-0.25, -0.2) is 0 Å². The van der Waals surface area contributed by atoms with E-state index in [2.05, 4.69) is 20.8 Å². The van der Waals surface area contributed by atoms with Crippen molar-refractivity contribution in [3.05, 3.63) is 33.4 Å². The van der Waals surface area contributed by atoms with Crippen molar-refractivity contribution in [2.75, 3.05) is 19.8 Å². The third kappa shape index (κ3) is 2.23. The van der Waals surface area contributed by atoms with E-state index in [0.29, 0.717) is 18.3 Å². The van der Waals surface area contributed by atoms with Crippen LogP contribution in [-0.4, -0.2) is 19.8 Å². The van der Waals surface area contributed by atoms with Gasteiger partial charge >= 0.3 is 0 Å². The van der Waals surface area contributed by atoms with Gasteiger partial charge in [-0.15, -0.1) is 0 Å². The average molecular weight is 288 g/mol. The summed E-state index contributed by atoms with van der Waals surface area (Å²) in [5.74, 6) is 0. The van der Waals surface area contributed by atoms with Crippen LogP contribution in [0.1, 0.15) is 72.5 Å². The highest BCUT2D eigenvalue weighted by Crippen LogP contribution is 2.49. The van der Waals surface area contributed by atoms with Crippen molar-refractivity contribution in [2.45, 2.75) is 58.3 Å².